The van der Waals surface area contributed by atoms with Gasteiger partial charge in [0.2, 0.25) is 5.91 Å². The minimum atomic E-state index is -0.903. The Balaban J connectivity index is 2.23. The molecule has 178 valence electrons. The molecule has 1 unspecified atom stereocenters. The van der Waals surface area contributed by atoms with Gasteiger partial charge in [-0.05, 0) is 75.6 Å². The number of hydrogen-bond donors (Lipinski definition) is 2. The largest absolute Gasteiger partial charge is 0.497 e. The first-order valence-electron chi connectivity index (χ1n) is 10.7. The lowest BCUT2D eigenvalue weighted by molar-refractivity contribution is -0.136. The Bertz CT molecular complexity index is 996. The number of aryl methyl sites for hydroxylation is 2. The SMILES string of the molecule is COc1ccc(NC(=O)C(c2ccc(C)c(C)c2)N(C)C(=O)CNC(=O)OC(C)(C)C)cc1. The molecule has 0 aliphatic carbocycles. The van der Waals surface area contributed by atoms with Gasteiger partial charge in [-0.1, -0.05) is 18.2 Å². The minimum Gasteiger partial charge on any atom is -0.497 e. The smallest absolute Gasteiger partial charge is 0.408 e. The van der Waals surface area contributed by atoms with Crippen LogP contribution in [0.25, 0.3) is 0 Å². The van der Waals surface area contributed by atoms with E-state index < -0.39 is 23.6 Å². The van der Waals surface area contributed by atoms with Gasteiger partial charge in [0.15, 0.2) is 0 Å². The van der Waals surface area contributed by atoms with E-state index in [1.165, 1.54) is 11.9 Å². The average molecular weight is 456 g/mol. The van der Waals surface area contributed by atoms with E-state index in [2.05, 4.69) is 10.6 Å². The molecule has 0 radical (unpaired) electrons. The van der Waals surface area contributed by atoms with Crippen molar-refractivity contribution in [3.8, 4) is 5.75 Å². The number of hydrogen-bond acceptors (Lipinski definition) is 5. The molecule has 3 amide bonds. The van der Waals surface area contributed by atoms with Crippen molar-refractivity contribution in [3.63, 3.8) is 0 Å². The summed E-state index contributed by atoms with van der Waals surface area (Å²) in [5, 5.41) is 5.31. The van der Waals surface area contributed by atoms with Crippen LogP contribution in [0.4, 0.5) is 10.5 Å². The van der Waals surface area contributed by atoms with E-state index >= 15 is 0 Å². The first kappa shape index (κ1) is 25.7. The molecular formula is C25H33N3O5. The second kappa shape index (κ2) is 10.8. The zero-order chi connectivity index (χ0) is 24.8. The molecule has 2 aromatic carbocycles. The summed E-state index contributed by atoms with van der Waals surface area (Å²) in [5.41, 5.74) is 2.63. The molecule has 0 saturated carbocycles. The third kappa shape index (κ3) is 7.52. The molecule has 0 heterocycles. The Morgan fingerprint density at radius 2 is 1.64 bits per heavy atom. The zero-order valence-corrected chi connectivity index (χ0v) is 20.3. The molecule has 0 saturated heterocycles. The van der Waals surface area contributed by atoms with Crippen molar-refractivity contribution in [1.82, 2.24) is 10.2 Å². The standard InChI is InChI=1S/C25H33N3O5/c1-16-8-9-18(14-17(16)2)22(23(30)27-19-10-12-20(32-7)13-11-19)28(6)21(29)15-26-24(31)33-25(3,4)5/h8-14,22H,15H2,1-7H3,(H,26,31)(H,27,30). The van der Waals surface area contributed by atoms with Gasteiger partial charge in [-0.2, -0.15) is 0 Å². The van der Waals surface area contributed by atoms with E-state index in [9.17, 15) is 14.4 Å². The summed E-state index contributed by atoms with van der Waals surface area (Å²) in [4.78, 5) is 39.4. The maximum absolute atomic E-state index is 13.3. The molecule has 0 bridgehead atoms. The summed E-state index contributed by atoms with van der Waals surface area (Å²) in [6.45, 7) is 8.83. The van der Waals surface area contributed by atoms with Crippen molar-refractivity contribution in [2.45, 2.75) is 46.3 Å². The lowest BCUT2D eigenvalue weighted by Gasteiger charge is -2.28. The van der Waals surface area contributed by atoms with E-state index in [0.717, 1.165) is 11.1 Å². The van der Waals surface area contributed by atoms with Crippen molar-refractivity contribution < 1.29 is 23.9 Å². The maximum atomic E-state index is 13.3. The van der Waals surface area contributed by atoms with Crippen molar-refractivity contribution in [2.75, 3.05) is 26.0 Å². The molecule has 2 rings (SSSR count). The van der Waals surface area contributed by atoms with E-state index in [1.54, 1.807) is 52.1 Å². The van der Waals surface area contributed by atoms with Crippen LogP contribution in [0.15, 0.2) is 42.5 Å². The molecule has 8 nitrogen and oxygen atoms in total. The fourth-order valence-corrected chi connectivity index (χ4v) is 3.10. The first-order valence-corrected chi connectivity index (χ1v) is 10.7. The van der Waals surface area contributed by atoms with Gasteiger partial charge in [0.05, 0.1) is 7.11 Å². The van der Waals surface area contributed by atoms with Crippen LogP contribution in [0.1, 0.15) is 43.5 Å². The number of anilines is 1. The van der Waals surface area contributed by atoms with Gasteiger partial charge in [0.25, 0.3) is 5.91 Å². The van der Waals surface area contributed by atoms with E-state index in [0.29, 0.717) is 17.0 Å². The van der Waals surface area contributed by atoms with Crippen LogP contribution in [0.5, 0.6) is 5.75 Å². The van der Waals surface area contributed by atoms with Crippen LogP contribution in [-0.4, -0.2) is 49.1 Å². The average Bonchev–Trinajstić information content (AvgIpc) is 2.74. The fourth-order valence-electron chi connectivity index (χ4n) is 3.10. The number of carbonyl (C=O) groups is 3. The summed E-state index contributed by atoms with van der Waals surface area (Å²) >= 11 is 0. The Morgan fingerprint density at radius 3 is 2.18 bits per heavy atom. The van der Waals surface area contributed by atoms with Gasteiger partial charge < -0.3 is 25.0 Å². The predicted octanol–water partition coefficient (Wildman–Crippen LogP) is 3.97. The first-order chi connectivity index (χ1) is 15.4. The van der Waals surface area contributed by atoms with Crippen molar-refractivity contribution in [3.05, 3.63) is 59.2 Å². The van der Waals surface area contributed by atoms with Crippen LogP contribution < -0.4 is 15.4 Å². The molecule has 0 aliphatic heterocycles. The van der Waals surface area contributed by atoms with E-state index in [-0.39, 0.29) is 12.5 Å². The van der Waals surface area contributed by atoms with Crippen LogP contribution in [0, 0.1) is 13.8 Å². The zero-order valence-electron chi connectivity index (χ0n) is 20.3. The maximum Gasteiger partial charge on any atom is 0.408 e. The molecule has 0 fully saturated rings. The summed E-state index contributed by atoms with van der Waals surface area (Å²) in [6, 6.07) is 11.6. The minimum absolute atomic E-state index is 0.303. The monoisotopic (exact) mass is 455 g/mol. The number of ether oxygens (including phenoxy) is 2. The highest BCUT2D eigenvalue weighted by molar-refractivity contribution is 5.98. The van der Waals surface area contributed by atoms with Gasteiger partial charge in [-0.3, -0.25) is 9.59 Å². The van der Waals surface area contributed by atoms with Crippen LogP contribution in [0.3, 0.4) is 0 Å². The van der Waals surface area contributed by atoms with Crippen molar-refractivity contribution in [2.24, 2.45) is 0 Å². The number of benzene rings is 2. The highest BCUT2D eigenvalue weighted by Gasteiger charge is 2.29. The molecule has 1 atom stereocenters. The fraction of sp³-hybridized carbons (Fsp3) is 0.400. The normalized spacial score (nSPS) is 11.8. The third-order valence-electron chi connectivity index (χ3n) is 5.02. The number of carbonyl (C=O) groups excluding carboxylic acids is 3. The van der Waals surface area contributed by atoms with Crippen LogP contribution in [0.2, 0.25) is 0 Å². The lowest BCUT2D eigenvalue weighted by Crippen LogP contribution is -2.44. The van der Waals surface area contributed by atoms with Gasteiger partial charge in [-0.15, -0.1) is 0 Å². The summed E-state index contributed by atoms with van der Waals surface area (Å²) in [7, 11) is 3.10. The topological polar surface area (TPSA) is 97.0 Å². The molecule has 8 heteroatoms. The number of nitrogens with zero attached hydrogens (tertiary/aromatic N) is 1. The number of likely N-dealkylation sites (N-methyl/N-ethyl adjacent to an activating group) is 1. The Hall–Kier alpha value is -3.55. The highest BCUT2D eigenvalue weighted by Crippen LogP contribution is 2.25. The van der Waals surface area contributed by atoms with Gasteiger partial charge in [0, 0.05) is 12.7 Å². The second-order valence-electron chi connectivity index (χ2n) is 8.82. The summed E-state index contributed by atoms with van der Waals surface area (Å²) in [6.07, 6.45) is -0.699. The Morgan fingerprint density at radius 1 is 1.00 bits per heavy atom. The van der Waals surface area contributed by atoms with Crippen molar-refractivity contribution >= 4 is 23.6 Å². The number of methoxy groups -OCH3 is 1. The highest BCUT2D eigenvalue weighted by atomic mass is 16.6. The van der Waals surface area contributed by atoms with Gasteiger partial charge in [0.1, 0.15) is 23.9 Å². The summed E-state index contributed by atoms with van der Waals surface area (Å²) < 4.78 is 10.3. The van der Waals surface area contributed by atoms with E-state index in [1.807, 2.05) is 32.0 Å². The third-order valence-corrected chi connectivity index (χ3v) is 5.02. The van der Waals surface area contributed by atoms with Crippen molar-refractivity contribution in [1.29, 1.82) is 0 Å². The predicted molar refractivity (Wildman–Crippen MR) is 127 cm³/mol. The Labute approximate surface area is 195 Å². The quantitative estimate of drug-likeness (QED) is 0.658. The number of rotatable bonds is 7. The second-order valence-corrected chi connectivity index (χ2v) is 8.82. The molecule has 0 spiro atoms. The molecule has 33 heavy (non-hydrogen) atoms. The molecular weight excluding hydrogens is 422 g/mol. The summed E-state index contributed by atoms with van der Waals surface area (Å²) in [5.74, 6) is -0.148. The van der Waals surface area contributed by atoms with Crippen LogP contribution in [-0.2, 0) is 14.3 Å². The number of amides is 3. The molecule has 0 aliphatic rings. The number of nitrogens with one attached hydrogen (secondary N) is 2. The molecule has 0 aromatic heterocycles. The lowest BCUT2D eigenvalue weighted by atomic mass is 9.99. The van der Waals surface area contributed by atoms with Crippen LogP contribution >= 0.6 is 0 Å². The Kier molecular flexibility index (Phi) is 8.45. The van der Waals surface area contributed by atoms with Gasteiger partial charge >= 0.3 is 6.09 Å². The van der Waals surface area contributed by atoms with Gasteiger partial charge in [-0.25, -0.2) is 4.79 Å². The number of alkyl carbamates (subject to hydrolysis) is 1. The van der Waals surface area contributed by atoms with E-state index in [4.69, 9.17) is 9.47 Å². The molecule has 2 N–H and O–H groups in total. The molecule has 2 aromatic rings.